The van der Waals surface area contributed by atoms with Crippen LogP contribution in [-0.2, 0) is 0 Å². The Balaban J connectivity index is 2.32. The molecule has 2 aromatic rings. The second kappa shape index (κ2) is 5.81. The van der Waals surface area contributed by atoms with Gasteiger partial charge in [0.1, 0.15) is 10.7 Å². The molecule has 1 heterocycles. The Morgan fingerprint density at radius 1 is 1.37 bits per heavy atom. The fourth-order valence-corrected chi connectivity index (χ4v) is 2.05. The summed E-state index contributed by atoms with van der Waals surface area (Å²) in [5.74, 6) is 0.442. The van der Waals surface area contributed by atoms with Gasteiger partial charge in [0.25, 0.3) is 0 Å². The molecule has 0 fully saturated rings. The second-order valence-corrected chi connectivity index (χ2v) is 5.54. The standard InChI is InChI=1S/C12H10BrClN4S/c1-6-4-10(11(15)19)18-12(16-6)17-7-2-3-9(14)8(13)5-7/h2-5H,1H3,(H2,15,19)(H,16,17,18). The number of rotatable bonds is 3. The highest BCUT2D eigenvalue weighted by Gasteiger charge is 2.06. The van der Waals surface area contributed by atoms with Gasteiger partial charge in [0.15, 0.2) is 0 Å². The topological polar surface area (TPSA) is 63.8 Å². The predicted molar refractivity (Wildman–Crippen MR) is 85.1 cm³/mol. The van der Waals surface area contributed by atoms with E-state index in [4.69, 9.17) is 29.6 Å². The van der Waals surface area contributed by atoms with E-state index < -0.39 is 0 Å². The molecule has 0 spiro atoms. The van der Waals surface area contributed by atoms with Gasteiger partial charge in [-0.3, -0.25) is 0 Å². The highest BCUT2D eigenvalue weighted by atomic mass is 79.9. The van der Waals surface area contributed by atoms with E-state index in [1.807, 2.05) is 19.1 Å². The molecule has 1 aromatic carbocycles. The van der Waals surface area contributed by atoms with Gasteiger partial charge < -0.3 is 11.1 Å². The molecule has 0 aliphatic heterocycles. The average Bonchev–Trinajstić information content (AvgIpc) is 2.33. The van der Waals surface area contributed by atoms with E-state index in [9.17, 15) is 0 Å². The number of anilines is 2. The fourth-order valence-electron chi connectivity index (χ4n) is 1.45. The van der Waals surface area contributed by atoms with Crippen molar-refractivity contribution in [3.63, 3.8) is 0 Å². The van der Waals surface area contributed by atoms with Crippen LogP contribution in [0.1, 0.15) is 11.4 Å². The smallest absolute Gasteiger partial charge is 0.228 e. The maximum Gasteiger partial charge on any atom is 0.228 e. The third-order valence-corrected chi connectivity index (χ3v) is 3.71. The van der Waals surface area contributed by atoms with Crippen LogP contribution in [0.3, 0.4) is 0 Å². The summed E-state index contributed by atoms with van der Waals surface area (Å²) < 4.78 is 0.793. The molecule has 0 saturated heterocycles. The highest BCUT2D eigenvalue weighted by Crippen LogP contribution is 2.26. The Kier molecular flexibility index (Phi) is 4.34. The molecule has 0 amide bonds. The number of nitrogens with two attached hydrogens (primary N) is 1. The Bertz CT molecular complexity index is 648. The van der Waals surface area contributed by atoms with E-state index in [1.165, 1.54) is 0 Å². The van der Waals surface area contributed by atoms with Crippen LogP contribution in [0, 0.1) is 6.92 Å². The van der Waals surface area contributed by atoms with Crippen molar-refractivity contribution >= 4 is 56.4 Å². The first-order chi connectivity index (χ1) is 8.95. The van der Waals surface area contributed by atoms with Crippen LogP contribution >= 0.6 is 39.7 Å². The van der Waals surface area contributed by atoms with Crippen LogP contribution in [0.5, 0.6) is 0 Å². The van der Waals surface area contributed by atoms with Gasteiger partial charge in [-0.25, -0.2) is 9.97 Å². The molecule has 0 aliphatic rings. The molecule has 19 heavy (non-hydrogen) atoms. The molecule has 0 atom stereocenters. The summed E-state index contributed by atoms with van der Waals surface area (Å²) in [5.41, 5.74) is 7.72. The third-order valence-electron chi connectivity index (χ3n) is 2.28. The summed E-state index contributed by atoms with van der Waals surface area (Å²) in [7, 11) is 0. The lowest BCUT2D eigenvalue weighted by Crippen LogP contribution is -2.13. The van der Waals surface area contributed by atoms with Crippen molar-refractivity contribution in [2.24, 2.45) is 5.73 Å². The summed E-state index contributed by atoms with van der Waals surface area (Å²) in [6, 6.07) is 7.19. The zero-order valence-corrected chi connectivity index (χ0v) is 13.1. The number of hydrogen-bond acceptors (Lipinski definition) is 4. The van der Waals surface area contributed by atoms with E-state index in [0.717, 1.165) is 15.9 Å². The number of aryl methyl sites for hydroxylation is 1. The minimum Gasteiger partial charge on any atom is -0.388 e. The Labute approximate surface area is 129 Å². The summed E-state index contributed by atoms with van der Waals surface area (Å²) in [6.07, 6.45) is 0. The monoisotopic (exact) mass is 356 g/mol. The number of thiocarbonyl (C=S) groups is 1. The van der Waals surface area contributed by atoms with E-state index in [0.29, 0.717) is 16.7 Å². The molecule has 3 N–H and O–H groups in total. The molecule has 4 nitrogen and oxygen atoms in total. The van der Waals surface area contributed by atoms with Crippen LogP contribution in [0.4, 0.5) is 11.6 Å². The van der Waals surface area contributed by atoms with Gasteiger partial charge in [0.05, 0.1) is 5.02 Å². The first-order valence-corrected chi connectivity index (χ1v) is 6.91. The molecule has 1 aromatic heterocycles. The van der Waals surface area contributed by atoms with Gasteiger partial charge in [-0.1, -0.05) is 23.8 Å². The molecular formula is C12H10BrClN4S. The van der Waals surface area contributed by atoms with Crippen molar-refractivity contribution in [3.05, 3.63) is 45.1 Å². The lowest BCUT2D eigenvalue weighted by atomic mass is 10.3. The van der Waals surface area contributed by atoms with Crippen LogP contribution in [0.25, 0.3) is 0 Å². The van der Waals surface area contributed by atoms with E-state index in [2.05, 4.69) is 31.2 Å². The molecular weight excluding hydrogens is 348 g/mol. The minimum absolute atomic E-state index is 0.242. The zero-order chi connectivity index (χ0) is 14.0. The molecule has 0 saturated carbocycles. The molecule has 7 heteroatoms. The SMILES string of the molecule is Cc1cc(C(N)=S)nc(Nc2ccc(Cl)c(Br)c2)n1. The minimum atomic E-state index is 0.242. The normalized spacial score (nSPS) is 10.3. The summed E-state index contributed by atoms with van der Waals surface area (Å²) in [4.78, 5) is 8.76. The Morgan fingerprint density at radius 2 is 2.11 bits per heavy atom. The van der Waals surface area contributed by atoms with Crippen molar-refractivity contribution in [1.29, 1.82) is 0 Å². The predicted octanol–water partition coefficient (Wildman–Crippen LogP) is 3.58. The van der Waals surface area contributed by atoms with Crippen LogP contribution < -0.4 is 11.1 Å². The van der Waals surface area contributed by atoms with Crippen LogP contribution in [0.15, 0.2) is 28.7 Å². The van der Waals surface area contributed by atoms with E-state index in [1.54, 1.807) is 12.1 Å². The third kappa shape index (κ3) is 3.62. The number of nitrogens with one attached hydrogen (secondary N) is 1. The van der Waals surface area contributed by atoms with Gasteiger partial charge in [-0.05, 0) is 47.1 Å². The lowest BCUT2D eigenvalue weighted by Gasteiger charge is -2.08. The van der Waals surface area contributed by atoms with Crippen LogP contribution in [-0.4, -0.2) is 15.0 Å². The second-order valence-electron chi connectivity index (χ2n) is 3.84. The van der Waals surface area contributed by atoms with Gasteiger partial charge in [-0.2, -0.15) is 0 Å². The highest BCUT2D eigenvalue weighted by molar-refractivity contribution is 9.10. The van der Waals surface area contributed by atoms with Crippen molar-refractivity contribution < 1.29 is 0 Å². The molecule has 0 unspecified atom stereocenters. The summed E-state index contributed by atoms with van der Waals surface area (Å²) in [5, 5.41) is 3.72. The van der Waals surface area contributed by atoms with Crippen LogP contribution in [0.2, 0.25) is 5.02 Å². The average molecular weight is 358 g/mol. The number of benzene rings is 1. The van der Waals surface area contributed by atoms with Gasteiger partial charge in [0.2, 0.25) is 5.95 Å². The first-order valence-electron chi connectivity index (χ1n) is 5.33. The Hall–Kier alpha value is -1.24. The molecule has 0 radical (unpaired) electrons. The quantitative estimate of drug-likeness (QED) is 0.822. The molecule has 2 rings (SSSR count). The summed E-state index contributed by atoms with van der Waals surface area (Å²) >= 11 is 14.2. The number of halogens is 2. The Morgan fingerprint density at radius 3 is 2.74 bits per heavy atom. The van der Waals surface area contributed by atoms with Gasteiger partial charge in [0, 0.05) is 15.9 Å². The van der Waals surface area contributed by atoms with Gasteiger partial charge >= 0.3 is 0 Å². The fraction of sp³-hybridized carbons (Fsp3) is 0.0833. The number of hydrogen-bond donors (Lipinski definition) is 2. The van der Waals surface area contributed by atoms with Crippen molar-refractivity contribution in [3.8, 4) is 0 Å². The largest absolute Gasteiger partial charge is 0.388 e. The van der Waals surface area contributed by atoms with Gasteiger partial charge in [-0.15, -0.1) is 0 Å². The summed E-state index contributed by atoms with van der Waals surface area (Å²) in [6.45, 7) is 1.85. The van der Waals surface area contributed by atoms with E-state index >= 15 is 0 Å². The van der Waals surface area contributed by atoms with Crippen molar-refractivity contribution in [2.75, 3.05) is 5.32 Å². The maximum absolute atomic E-state index is 5.94. The lowest BCUT2D eigenvalue weighted by molar-refractivity contribution is 1.09. The number of aromatic nitrogens is 2. The van der Waals surface area contributed by atoms with Crippen molar-refractivity contribution in [1.82, 2.24) is 9.97 Å². The first kappa shape index (κ1) is 14.2. The molecule has 98 valence electrons. The number of nitrogens with zero attached hydrogens (tertiary/aromatic N) is 2. The molecule has 0 aliphatic carbocycles. The van der Waals surface area contributed by atoms with Crippen molar-refractivity contribution in [2.45, 2.75) is 6.92 Å². The zero-order valence-electron chi connectivity index (χ0n) is 9.95. The van der Waals surface area contributed by atoms with E-state index in [-0.39, 0.29) is 4.99 Å². The molecule has 0 bridgehead atoms. The maximum atomic E-state index is 5.94.